The molecule has 0 fully saturated rings. The number of carbonyl (C=O) groups is 3. The minimum Gasteiger partial charge on any atom is -0.480 e. The summed E-state index contributed by atoms with van der Waals surface area (Å²) in [6.45, 7) is -0.767. The zero-order valence-electron chi connectivity index (χ0n) is 9.14. The number of aliphatic carboxylic acids is 1. The summed E-state index contributed by atoms with van der Waals surface area (Å²) in [6, 6.07) is 3.14. The Kier molecular flexibility index (Phi) is 5.25. The van der Waals surface area contributed by atoms with Gasteiger partial charge in [-0.1, -0.05) is 0 Å². The first-order chi connectivity index (χ1) is 8.49. The van der Waals surface area contributed by atoms with Gasteiger partial charge in [0.1, 0.15) is 11.1 Å². The van der Waals surface area contributed by atoms with E-state index in [1.807, 2.05) is 0 Å². The first-order valence-electron chi connectivity index (χ1n) is 4.87. The zero-order chi connectivity index (χ0) is 13.5. The molecule has 1 heterocycles. The third-order valence-corrected chi connectivity index (χ3v) is 2.30. The standard InChI is InChI=1S/C10H10BrN3O4/c11-7-2-1-6(3-12-7)10(18)14-4-8(15)13-5-9(16)17/h1-3H,4-5H2,(H,13,15)(H,14,18)(H,16,17). The average molecular weight is 316 g/mol. The molecule has 0 radical (unpaired) electrons. The Hall–Kier alpha value is -1.96. The minimum absolute atomic E-state index is 0.290. The normalized spacial score (nSPS) is 9.61. The van der Waals surface area contributed by atoms with Crippen molar-refractivity contribution >= 4 is 33.7 Å². The van der Waals surface area contributed by atoms with Crippen LogP contribution in [0.5, 0.6) is 0 Å². The Morgan fingerprint density at radius 3 is 2.50 bits per heavy atom. The summed E-state index contributed by atoms with van der Waals surface area (Å²) in [5, 5.41) is 12.8. The van der Waals surface area contributed by atoms with Crippen molar-refractivity contribution in [1.29, 1.82) is 0 Å². The second-order valence-corrected chi connectivity index (χ2v) is 4.04. The van der Waals surface area contributed by atoms with Crippen molar-refractivity contribution in [2.75, 3.05) is 13.1 Å². The van der Waals surface area contributed by atoms with Crippen LogP contribution >= 0.6 is 15.9 Å². The third kappa shape index (κ3) is 4.91. The highest BCUT2D eigenvalue weighted by molar-refractivity contribution is 9.10. The molecule has 1 aromatic heterocycles. The average Bonchev–Trinajstić information content (AvgIpc) is 2.34. The van der Waals surface area contributed by atoms with Crippen LogP contribution in [0.25, 0.3) is 0 Å². The number of rotatable bonds is 5. The van der Waals surface area contributed by atoms with E-state index in [1.165, 1.54) is 6.20 Å². The quantitative estimate of drug-likeness (QED) is 0.651. The number of carboxylic acid groups (broad SMARTS) is 1. The lowest BCUT2D eigenvalue weighted by Gasteiger charge is -2.05. The first kappa shape index (κ1) is 14.1. The van der Waals surface area contributed by atoms with Crippen LogP contribution in [0.15, 0.2) is 22.9 Å². The molecule has 1 rings (SSSR count). The van der Waals surface area contributed by atoms with Gasteiger partial charge in [0.05, 0.1) is 12.1 Å². The summed E-state index contributed by atoms with van der Waals surface area (Å²) in [5.74, 6) is -2.18. The number of nitrogens with zero attached hydrogens (tertiary/aromatic N) is 1. The van der Waals surface area contributed by atoms with Gasteiger partial charge in [-0.3, -0.25) is 14.4 Å². The molecule has 0 spiro atoms. The number of aromatic nitrogens is 1. The van der Waals surface area contributed by atoms with Crippen LogP contribution in [0, 0.1) is 0 Å². The van der Waals surface area contributed by atoms with Crippen LogP contribution in [-0.2, 0) is 9.59 Å². The van der Waals surface area contributed by atoms with E-state index in [9.17, 15) is 14.4 Å². The predicted octanol–water partition coefficient (Wildman–Crippen LogP) is -0.225. The molecule has 3 N–H and O–H groups in total. The summed E-state index contributed by atoms with van der Waals surface area (Å²) in [5.41, 5.74) is 0.309. The van der Waals surface area contributed by atoms with E-state index in [1.54, 1.807) is 12.1 Å². The molecule has 18 heavy (non-hydrogen) atoms. The summed E-state index contributed by atoms with van der Waals surface area (Å²) >= 11 is 3.13. The molecule has 7 nitrogen and oxygen atoms in total. The second kappa shape index (κ2) is 6.70. The summed E-state index contributed by atoms with van der Waals surface area (Å²) in [6.07, 6.45) is 1.36. The molecule has 0 unspecified atom stereocenters. The maximum absolute atomic E-state index is 11.5. The van der Waals surface area contributed by atoms with Crippen LogP contribution in [0.2, 0.25) is 0 Å². The fourth-order valence-corrected chi connectivity index (χ4v) is 1.24. The monoisotopic (exact) mass is 315 g/mol. The van der Waals surface area contributed by atoms with Crippen molar-refractivity contribution < 1.29 is 19.5 Å². The molecule has 0 aromatic carbocycles. The maximum atomic E-state index is 11.5. The molecule has 1 aromatic rings. The molecule has 0 saturated carbocycles. The third-order valence-electron chi connectivity index (χ3n) is 1.84. The molecule has 0 bridgehead atoms. The Morgan fingerprint density at radius 2 is 1.94 bits per heavy atom. The van der Waals surface area contributed by atoms with Gasteiger partial charge in [0.15, 0.2) is 0 Å². The van der Waals surface area contributed by atoms with Crippen molar-refractivity contribution in [2.24, 2.45) is 0 Å². The lowest BCUT2D eigenvalue weighted by atomic mass is 10.3. The van der Waals surface area contributed by atoms with Gasteiger partial charge < -0.3 is 15.7 Å². The van der Waals surface area contributed by atoms with Crippen molar-refractivity contribution in [3.63, 3.8) is 0 Å². The number of nitrogens with one attached hydrogen (secondary N) is 2. The summed E-state index contributed by atoms with van der Waals surface area (Å²) < 4.78 is 0.596. The highest BCUT2D eigenvalue weighted by atomic mass is 79.9. The molecule has 8 heteroatoms. The number of amides is 2. The lowest BCUT2D eigenvalue weighted by molar-refractivity contribution is -0.137. The fourth-order valence-electron chi connectivity index (χ4n) is 1.01. The molecule has 0 aliphatic carbocycles. The topological polar surface area (TPSA) is 108 Å². The maximum Gasteiger partial charge on any atom is 0.322 e. The van der Waals surface area contributed by atoms with Gasteiger partial charge in [0.25, 0.3) is 5.91 Å². The van der Waals surface area contributed by atoms with Crippen LogP contribution in [0.4, 0.5) is 0 Å². The van der Waals surface area contributed by atoms with E-state index in [4.69, 9.17) is 5.11 Å². The number of hydrogen-bond acceptors (Lipinski definition) is 4. The van der Waals surface area contributed by atoms with Crippen LogP contribution < -0.4 is 10.6 Å². The number of pyridine rings is 1. The van der Waals surface area contributed by atoms with E-state index >= 15 is 0 Å². The Morgan fingerprint density at radius 1 is 1.22 bits per heavy atom. The minimum atomic E-state index is -1.15. The van der Waals surface area contributed by atoms with Crippen molar-refractivity contribution in [2.45, 2.75) is 0 Å². The molecule has 2 amide bonds. The van der Waals surface area contributed by atoms with Gasteiger partial charge in [0, 0.05) is 6.20 Å². The molecule has 96 valence electrons. The van der Waals surface area contributed by atoms with Crippen LogP contribution in [-0.4, -0.2) is 41.0 Å². The fraction of sp³-hybridized carbons (Fsp3) is 0.200. The molecule has 0 saturated heterocycles. The molecular formula is C10H10BrN3O4. The molecule has 0 aliphatic rings. The lowest BCUT2D eigenvalue weighted by Crippen LogP contribution is -2.39. The van der Waals surface area contributed by atoms with Crippen molar-refractivity contribution in [1.82, 2.24) is 15.6 Å². The predicted molar refractivity (Wildman–Crippen MR) is 64.9 cm³/mol. The highest BCUT2D eigenvalue weighted by Gasteiger charge is 2.08. The van der Waals surface area contributed by atoms with Crippen LogP contribution in [0.1, 0.15) is 10.4 Å². The highest BCUT2D eigenvalue weighted by Crippen LogP contribution is 2.05. The Bertz CT molecular complexity index is 461. The van der Waals surface area contributed by atoms with Crippen LogP contribution in [0.3, 0.4) is 0 Å². The van der Waals surface area contributed by atoms with Gasteiger partial charge in [-0.25, -0.2) is 4.98 Å². The van der Waals surface area contributed by atoms with Gasteiger partial charge in [-0.05, 0) is 28.1 Å². The number of halogens is 1. The largest absolute Gasteiger partial charge is 0.480 e. The number of carbonyl (C=O) groups excluding carboxylic acids is 2. The smallest absolute Gasteiger partial charge is 0.322 e. The Labute approximate surface area is 111 Å². The number of carboxylic acids is 1. The molecule has 0 atom stereocenters. The van der Waals surface area contributed by atoms with Crippen molar-refractivity contribution in [3.05, 3.63) is 28.5 Å². The van der Waals surface area contributed by atoms with Crippen molar-refractivity contribution in [3.8, 4) is 0 Å². The van der Waals surface area contributed by atoms with Gasteiger partial charge in [-0.2, -0.15) is 0 Å². The van der Waals surface area contributed by atoms with E-state index in [0.717, 1.165) is 0 Å². The van der Waals surface area contributed by atoms with E-state index in [0.29, 0.717) is 10.2 Å². The molecule has 0 aliphatic heterocycles. The molecular weight excluding hydrogens is 306 g/mol. The van der Waals surface area contributed by atoms with E-state index in [2.05, 4.69) is 31.5 Å². The van der Waals surface area contributed by atoms with Gasteiger partial charge >= 0.3 is 5.97 Å². The summed E-state index contributed by atoms with van der Waals surface area (Å²) in [7, 11) is 0. The van der Waals surface area contributed by atoms with E-state index < -0.39 is 24.3 Å². The summed E-state index contributed by atoms with van der Waals surface area (Å²) in [4.78, 5) is 36.7. The zero-order valence-corrected chi connectivity index (χ0v) is 10.7. The SMILES string of the molecule is O=C(O)CNC(=O)CNC(=O)c1ccc(Br)nc1. The van der Waals surface area contributed by atoms with Gasteiger partial charge in [0.2, 0.25) is 5.91 Å². The number of hydrogen-bond donors (Lipinski definition) is 3. The van der Waals surface area contributed by atoms with Gasteiger partial charge in [-0.15, -0.1) is 0 Å². The second-order valence-electron chi connectivity index (χ2n) is 3.22. The first-order valence-corrected chi connectivity index (χ1v) is 5.66. The Balaban J connectivity index is 2.39. The van der Waals surface area contributed by atoms with E-state index in [-0.39, 0.29) is 6.54 Å².